The average Bonchev–Trinajstić information content (AvgIpc) is 3.38. The normalized spacial score (nSPS) is 12.4. The second-order valence-electron chi connectivity index (χ2n) is 7.34. The molecule has 0 bridgehead atoms. The summed E-state index contributed by atoms with van der Waals surface area (Å²) in [6, 6.07) is 31.2. The fourth-order valence-electron chi connectivity index (χ4n) is 4.85. The van der Waals surface area contributed by atoms with E-state index in [9.17, 15) is 0 Å². The fourth-order valence-corrected chi connectivity index (χ4v) is 6.06. The number of thiophene rings is 1. The van der Waals surface area contributed by atoms with E-state index in [-0.39, 0.29) is 0 Å². The van der Waals surface area contributed by atoms with Gasteiger partial charge in [-0.1, -0.05) is 78.9 Å². The van der Waals surface area contributed by atoms with Gasteiger partial charge in [0.15, 0.2) is 0 Å². The second-order valence-corrected chi connectivity index (χ2v) is 8.39. The first-order valence-electron chi connectivity index (χ1n) is 9.29. The van der Waals surface area contributed by atoms with E-state index in [0.29, 0.717) is 0 Å². The predicted molar refractivity (Wildman–Crippen MR) is 116 cm³/mol. The van der Waals surface area contributed by atoms with Gasteiger partial charge >= 0.3 is 0 Å². The standard InChI is InChI=1S/C26H14S/c1-2-6-15(7-3-1)23-14-22-20-11-10-18-16-8-4-5-9-17(16)19-12-13-21(26(22)27-23)25(20)24(18)19/h1-14H. The van der Waals surface area contributed by atoms with Crippen molar-refractivity contribution in [3.8, 4) is 54.3 Å². The smallest absolute Gasteiger partial charge is 0.0434 e. The Kier molecular flexibility index (Phi) is 2.46. The highest BCUT2D eigenvalue weighted by Crippen LogP contribution is 2.58. The van der Waals surface area contributed by atoms with Crippen LogP contribution in [0.4, 0.5) is 0 Å². The van der Waals surface area contributed by atoms with Gasteiger partial charge in [-0.3, -0.25) is 0 Å². The molecule has 0 saturated heterocycles. The molecule has 0 aliphatic heterocycles. The van der Waals surface area contributed by atoms with Crippen molar-refractivity contribution in [2.24, 2.45) is 0 Å². The molecule has 0 N–H and O–H groups in total. The molecule has 0 radical (unpaired) electrons. The van der Waals surface area contributed by atoms with Crippen LogP contribution in [0.25, 0.3) is 65.0 Å². The van der Waals surface area contributed by atoms with E-state index in [4.69, 9.17) is 0 Å². The van der Waals surface area contributed by atoms with E-state index >= 15 is 0 Å². The highest BCUT2D eigenvalue weighted by atomic mass is 32.1. The molecule has 2 aliphatic carbocycles. The summed E-state index contributed by atoms with van der Waals surface area (Å²) < 4.78 is 0. The third-order valence-corrected chi connectivity index (χ3v) is 7.21. The second kappa shape index (κ2) is 4.76. The summed E-state index contributed by atoms with van der Waals surface area (Å²) in [4.78, 5) is 2.77. The number of fused-ring (bicyclic) bond motifs is 6. The predicted octanol–water partition coefficient (Wildman–Crippen LogP) is 7.86. The summed E-state index contributed by atoms with van der Waals surface area (Å²) in [5.74, 6) is 0. The maximum Gasteiger partial charge on any atom is 0.0434 e. The van der Waals surface area contributed by atoms with Gasteiger partial charge in [-0.25, -0.2) is 0 Å². The van der Waals surface area contributed by atoms with Crippen molar-refractivity contribution in [3.63, 3.8) is 0 Å². The molecular weight excluding hydrogens is 344 g/mol. The van der Waals surface area contributed by atoms with Gasteiger partial charge in [0.05, 0.1) is 0 Å². The van der Waals surface area contributed by atoms with Crippen molar-refractivity contribution in [2.75, 3.05) is 0 Å². The van der Waals surface area contributed by atoms with Gasteiger partial charge in [-0.2, -0.15) is 0 Å². The van der Waals surface area contributed by atoms with Gasteiger partial charge in [0.25, 0.3) is 0 Å². The zero-order valence-corrected chi connectivity index (χ0v) is 15.3. The van der Waals surface area contributed by atoms with E-state index < -0.39 is 0 Å². The minimum atomic E-state index is 1.31. The molecule has 0 nitrogen and oxygen atoms in total. The molecular formula is C26H14S. The summed E-state index contributed by atoms with van der Waals surface area (Å²) in [6.07, 6.45) is 0. The highest BCUT2D eigenvalue weighted by Gasteiger charge is 2.30. The van der Waals surface area contributed by atoms with Crippen LogP contribution < -0.4 is 0 Å². The number of benzene rings is 4. The molecule has 124 valence electrons. The molecule has 0 unspecified atom stereocenters. The van der Waals surface area contributed by atoms with Crippen molar-refractivity contribution < 1.29 is 0 Å². The first-order chi connectivity index (χ1) is 13.4. The minimum Gasteiger partial charge on any atom is -0.135 e. The SMILES string of the molecule is c1ccc(-c2cc3c(s2)-c2ccc4c5c(ccc-3c25)-c2ccccc2-4)cc1. The molecule has 1 heterocycles. The van der Waals surface area contributed by atoms with Crippen LogP contribution in [0.5, 0.6) is 0 Å². The van der Waals surface area contributed by atoms with Crippen LogP contribution in [0.15, 0.2) is 84.9 Å². The van der Waals surface area contributed by atoms with Crippen molar-refractivity contribution in [2.45, 2.75) is 0 Å². The summed E-state index contributed by atoms with van der Waals surface area (Å²) in [5.41, 5.74) is 11.0. The van der Waals surface area contributed by atoms with Crippen molar-refractivity contribution in [3.05, 3.63) is 84.9 Å². The zero-order valence-electron chi connectivity index (χ0n) is 14.5. The van der Waals surface area contributed by atoms with Gasteiger partial charge < -0.3 is 0 Å². The van der Waals surface area contributed by atoms with Crippen molar-refractivity contribution >= 4 is 22.1 Å². The Hall–Kier alpha value is -3.16. The topological polar surface area (TPSA) is 0 Å². The first kappa shape index (κ1) is 14.0. The molecule has 0 atom stereocenters. The molecule has 1 aromatic heterocycles. The average molecular weight is 358 g/mol. The van der Waals surface area contributed by atoms with Gasteiger partial charge in [0.1, 0.15) is 0 Å². The summed E-state index contributed by atoms with van der Waals surface area (Å²) in [6.45, 7) is 0. The maximum absolute atomic E-state index is 2.38. The Morgan fingerprint density at radius 2 is 1.00 bits per heavy atom. The minimum absolute atomic E-state index is 1.31. The third-order valence-electron chi connectivity index (χ3n) is 5.99. The largest absolute Gasteiger partial charge is 0.135 e. The molecule has 0 saturated carbocycles. The van der Waals surface area contributed by atoms with Crippen molar-refractivity contribution in [1.29, 1.82) is 0 Å². The molecule has 27 heavy (non-hydrogen) atoms. The lowest BCUT2D eigenvalue weighted by molar-refractivity contribution is 1.69. The lowest BCUT2D eigenvalue weighted by Gasteiger charge is -2.06. The third kappa shape index (κ3) is 1.64. The molecule has 7 rings (SSSR count). The van der Waals surface area contributed by atoms with Crippen LogP contribution in [0.3, 0.4) is 0 Å². The van der Waals surface area contributed by atoms with Crippen LogP contribution in [0, 0.1) is 0 Å². The van der Waals surface area contributed by atoms with Crippen LogP contribution in [0.1, 0.15) is 0 Å². The number of rotatable bonds is 1. The number of hydrogen-bond donors (Lipinski definition) is 0. The Balaban J connectivity index is 1.54. The lowest BCUT2D eigenvalue weighted by atomic mass is 9.97. The zero-order chi connectivity index (χ0) is 17.5. The quantitative estimate of drug-likeness (QED) is 0.280. The van der Waals surface area contributed by atoms with E-state index in [0.717, 1.165) is 0 Å². The summed E-state index contributed by atoms with van der Waals surface area (Å²) in [5, 5.41) is 2.89. The Morgan fingerprint density at radius 3 is 1.70 bits per heavy atom. The highest BCUT2D eigenvalue weighted by molar-refractivity contribution is 7.19. The van der Waals surface area contributed by atoms with E-state index in [1.165, 1.54) is 65.0 Å². The summed E-state index contributed by atoms with van der Waals surface area (Å²) >= 11 is 1.92. The molecule has 2 aliphatic rings. The monoisotopic (exact) mass is 358 g/mol. The van der Waals surface area contributed by atoms with Crippen LogP contribution in [-0.2, 0) is 0 Å². The van der Waals surface area contributed by atoms with E-state index in [1.807, 2.05) is 11.3 Å². The molecule has 4 aromatic carbocycles. The van der Waals surface area contributed by atoms with Gasteiger partial charge in [0, 0.05) is 20.9 Å². The summed E-state index contributed by atoms with van der Waals surface area (Å²) in [7, 11) is 0. The molecule has 0 fully saturated rings. The molecule has 0 amide bonds. The first-order valence-corrected chi connectivity index (χ1v) is 10.1. The van der Waals surface area contributed by atoms with Gasteiger partial charge in [0.2, 0.25) is 0 Å². The Bertz CT molecular complexity index is 1320. The van der Waals surface area contributed by atoms with Crippen molar-refractivity contribution in [1.82, 2.24) is 0 Å². The molecule has 0 spiro atoms. The fraction of sp³-hybridized carbons (Fsp3) is 0. The Labute approximate surface area is 161 Å². The molecule has 1 heteroatoms. The lowest BCUT2D eigenvalue weighted by Crippen LogP contribution is -1.79. The van der Waals surface area contributed by atoms with Crippen LogP contribution in [0.2, 0.25) is 0 Å². The number of hydrogen-bond acceptors (Lipinski definition) is 1. The van der Waals surface area contributed by atoms with Gasteiger partial charge in [-0.05, 0) is 50.2 Å². The maximum atomic E-state index is 2.38. The Morgan fingerprint density at radius 1 is 0.444 bits per heavy atom. The molecule has 5 aromatic rings. The van der Waals surface area contributed by atoms with E-state index in [1.54, 1.807) is 0 Å². The van der Waals surface area contributed by atoms with Crippen LogP contribution in [-0.4, -0.2) is 0 Å². The van der Waals surface area contributed by atoms with E-state index in [2.05, 4.69) is 84.9 Å². The van der Waals surface area contributed by atoms with Crippen LogP contribution >= 0.6 is 11.3 Å². The van der Waals surface area contributed by atoms with Gasteiger partial charge in [-0.15, -0.1) is 11.3 Å².